The van der Waals surface area contributed by atoms with E-state index in [1.54, 1.807) is 0 Å². The highest BCUT2D eigenvalue weighted by Gasteiger charge is 2.28. The second-order valence-electron chi connectivity index (χ2n) is 6.12. The van der Waals surface area contributed by atoms with E-state index in [1.165, 1.54) is 28.6 Å². The molecule has 0 radical (unpaired) electrons. The lowest BCUT2D eigenvalue weighted by molar-refractivity contribution is 0.0860. The lowest BCUT2D eigenvalue weighted by atomic mass is 10.1. The van der Waals surface area contributed by atoms with E-state index in [-0.39, 0.29) is 4.90 Å². The second kappa shape index (κ2) is 7.25. The van der Waals surface area contributed by atoms with Crippen LogP contribution in [0.1, 0.15) is 19.3 Å². The van der Waals surface area contributed by atoms with E-state index < -0.39 is 15.8 Å². The van der Waals surface area contributed by atoms with Gasteiger partial charge in [-0.25, -0.2) is 12.8 Å². The van der Waals surface area contributed by atoms with Crippen molar-refractivity contribution in [3.05, 3.63) is 30.1 Å². The fourth-order valence-electron chi connectivity index (χ4n) is 3.15. The molecule has 0 spiro atoms. The number of ether oxygens (including phenoxy) is 1. The molecule has 0 saturated carbocycles. The minimum atomic E-state index is -3.52. The minimum Gasteiger partial charge on any atom is -0.378 e. The number of piperazine rings is 1. The molecule has 5 nitrogen and oxygen atoms in total. The van der Waals surface area contributed by atoms with Gasteiger partial charge in [0.25, 0.3) is 0 Å². The maximum Gasteiger partial charge on any atom is 0.243 e. The van der Waals surface area contributed by atoms with E-state index in [1.807, 2.05) is 0 Å². The van der Waals surface area contributed by atoms with Crippen LogP contribution in [0, 0.1) is 5.82 Å². The van der Waals surface area contributed by atoms with Gasteiger partial charge in [0.2, 0.25) is 10.0 Å². The summed E-state index contributed by atoms with van der Waals surface area (Å²) in [4.78, 5) is 2.45. The molecule has 3 rings (SSSR count). The molecule has 128 valence electrons. The third kappa shape index (κ3) is 4.09. The predicted octanol–water partition coefficient (Wildman–Crippen LogP) is 1.70. The predicted molar refractivity (Wildman–Crippen MR) is 85.2 cm³/mol. The van der Waals surface area contributed by atoms with Gasteiger partial charge in [-0.1, -0.05) is 0 Å². The van der Waals surface area contributed by atoms with Crippen LogP contribution in [-0.4, -0.2) is 63.1 Å². The van der Waals surface area contributed by atoms with Crippen LogP contribution in [0.15, 0.2) is 29.2 Å². The van der Waals surface area contributed by atoms with E-state index in [0.29, 0.717) is 19.2 Å². The third-order valence-corrected chi connectivity index (χ3v) is 6.49. The molecule has 2 aliphatic heterocycles. The highest BCUT2D eigenvalue weighted by Crippen LogP contribution is 2.19. The van der Waals surface area contributed by atoms with Gasteiger partial charge in [-0.05, 0) is 43.5 Å². The number of hydrogen-bond acceptors (Lipinski definition) is 4. The van der Waals surface area contributed by atoms with Crippen LogP contribution < -0.4 is 0 Å². The Morgan fingerprint density at radius 2 is 1.83 bits per heavy atom. The Morgan fingerprint density at radius 1 is 1.13 bits per heavy atom. The summed E-state index contributed by atoms with van der Waals surface area (Å²) in [6.07, 6.45) is 3.67. The van der Waals surface area contributed by atoms with Crippen molar-refractivity contribution in [1.82, 2.24) is 9.21 Å². The number of halogens is 1. The first-order valence-electron chi connectivity index (χ1n) is 8.15. The fraction of sp³-hybridized carbons (Fsp3) is 0.625. The highest BCUT2D eigenvalue weighted by atomic mass is 32.2. The van der Waals surface area contributed by atoms with Crippen LogP contribution in [0.5, 0.6) is 0 Å². The standard InChI is InChI=1S/C16H23FN2O3S/c17-14-3-5-16(6-4-14)23(20,21)19-11-9-18(10-12-19)8-7-15-2-1-13-22-15/h3-6,15H,1-2,7-13H2/t15-/m1/s1. The SMILES string of the molecule is O=S(=O)(c1ccc(F)cc1)N1CCN(CC[C@H]2CCCO2)CC1. The largest absolute Gasteiger partial charge is 0.378 e. The molecule has 2 fully saturated rings. The molecule has 7 heteroatoms. The minimum absolute atomic E-state index is 0.159. The Bertz CT molecular complexity index is 607. The first-order chi connectivity index (χ1) is 11.1. The molecule has 0 N–H and O–H groups in total. The average Bonchev–Trinajstić information content (AvgIpc) is 3.07. The third-order valence-electron chi connectivity index (χ3n) is 4.57. The molecule has 0 amide bonds. The summed E-state index contributed by atoms with van der Waals surface area (Å²) in [5.74, 6) is -0.428. The van der Waals surface area contributed by atoms with Crippen molar-refractivity contribution in [2.24, 2.45) is 0 Å². The monoisotopic (exact) mass is 342 g/mol. The highest BCUT2D eigenvalue weighted by molar-refractivity contribution is 7.89. The van der Waals surface area contributed by atoms with Crippen molar-refractivity contribution in [3.8, 4) is 0 Å². The normalized spacial score (nSPS) is 24.1. The summed E-state index contributed by atoms with van der Waals surface area (Å²) in [6, 6.07) is 5.03. The quantitative estimate of drug-likeness (QED) is 0.817. The van der Waals surface area contributed by atoms with Crippen molar-refractivity contribution in [3.63, 3.8) is 0 Å². The van der Waals surface area contributed by atoms with Crippen LogP contribution >= 0.6 is 0 Å². The molecule has 23 heavy (non-hydrogen) atoms. The summed E-state index contributed by atoms with van der Waals surface area (Å²) >= 11 is 0. The van der Waals surface area contributed by atoms with Gasteiger partial charge < -0.3 is 9.64 Å². The van der Waals surface area contributed by atoms with Gasteiger partial charge in [0.05, 0.1) is 11.0 Å². The van der Waals surface area contributed by atoms with Crippen LogP contribution in [0.4, 0.5) is 4.39 Å². The van der Waals surface area contributed by atoms with Crippen molar-refractivity contribution in [2.75, 3.05) is 39.3 Å². The molecule has 1 aromatic carbocycles. The summed E-state index contributed by atoms with van der Waals surface area (Å²) in [6.45, 7) is 4.24. The van der Waals surface area contributed by atoms with E-state index in [4.69, 9.17) is 4.74 Å². The van der Waals surface area contributed by atoms with Gasteiger partial charge in [0, 0.05) is 39.3 Å². The molecule has 2 saturated heterocycles. The number of nitrogens with zero attached hydrogens (tertiary/aromatic N) is 2. The van der Waals surface area contributed by atoms with Gasteiger partial charge in [-0.2, -0.15) is 4.31 Å². The lowest BCUT2D eigenvalue weighted by Crippen LogP contribution is -2.49. The molecule has 1 aromatic rings. The lowest BCUT2D eigenvalue weighted by Gasteiger charge is -2.34. The molecule has 0 bridgehead atoms. The van der Waals surface area contributed by atoms with Crippen molar-refractivity contribution >= 4 is 10.0 Å². The molecule has 2 aliphatic rings. The van der Waals surface area contributed by atoms with Crippen molar-refractivity contribution < 1.29 is 17.5 Å². The molecular weight excluding hydrogens is 319 g/mol. The Hall–Kier alpha value is -1.02. The van der Waals surface area contributed by atoms with Gasteiger partial charge in [-0.3, -0.25) is 0 Å². The molecule has 2 heterocycles. The zero-order valence-corrected chi connectivity index (χ0v) is 14.0. The first-order valence-corrected chi connectivity index (χ1v) is 9.59. The van der Waals surface area contributed by atoms with Gasteiger partial charge in [-0.15, -0.1) is 0 Å². The van der Waals surface area contributed by atoms with E-state index in [2.05, 4.69) is 4.90 Å². The molecule has 0 aromatic heterocycles. The zero-order valence-electron chi connectivity index (χ0n) is 13.2. The van der Waals surface area contributed by atoms with E-state index in [0.717, 1.165) is 45.5 Å². The number of rotatable bonds is 5. The van der Waals surface area contributed by atoms with Gasteiger partial charge in [0.1, 0.15) is 5.82 Å². The van der Waals surface area contributed by atoms with E-state index in [9.17, 15) is 12.8 Å². The Balaban J connectivity index is 1.52. The summed E-state index contributed by atoms with van der Waals surface area (Å²) in [5, 5.41) is 0. The zero-order chi connectivity index (χ0) is 16.3. The van der Waals surface area contributed by atoms with E-state index >= 15 is 0 Å². The number of hydrogen-bond donors (Lipinski definition) is 0. The Morgan fingerprint density at radius 3 is 2.43 bits per heavy atom. The maximum atomic E-state index is 13.0. The smallest absolute Gasteiger partial charge is 0.243 e. The van der Waals surface area contributed by atoms with Crippen LogP contribution in [-0.2, 0) is 14.8 Å². The summed E-state index contributed by atoms with van der Waals surface area (Å²) in [7, 11) is -3.52. The Labute approximate surface area is 137 Å². The van der Waals surface area contributed by atoms with Crippen LogP contribution in [0.2, 0.25) is 0 Å². The summed E-state index contributed by atoms with van der Waals surface area (Å²) in [5.41, 5.74) is 0. The molecule has 1 atom stereocenters. The molecule has 0 unspecified atom stereocenters. The first kappa shape index (κ1) is 16.8. The van der Waals surface area contributed by atoms with Crippen LogP contribution in [0.3, 0.4) is 0 Å². The Kier molecular flexibility index (Phi) is 5.31. The van der Waals surface area contributed by atoms with Gasteiger partial charge in [0.15, 0.2) is 0 Å². The van der Waals surface area contributed by atoms with Crippen LogP contribution in [0.25, 0.3) is 0 Å². The average molecular weight is 342 g/mol. The summed E-state index contributed by atoms with van der Waals surface area (Å²) < 4.78 is 45.1. The van der Waals surface area contributed by atoms with Crippen molar-refractivity contribution in [2.45, 2.75) is 30.3 Å². The molecular formula is C16H23FN2O3S. The fourth-order valence-corrected chi connectivity index (χ4v) is 4.57. The second-order valence-corrected chi connectivity index (χ2v) is 8.06. The van der Waals surface area contributed by atoms with Gasteiger partial charge >= 0.3 is 0 Å². The number of benzene rings is 1. The van der Waals surface area contributed by atoms with Crippen molar-refractivity contribution in [1.29, 1.82) is 0 Å². The number of sulfonamides is 1. The maximum absolute atomic E-state index is 13.0. The topological polar surface area (TPSA) is 49.9 Å². The molecule has 0 aliphatic carbocycles.